The number of rotatable bonds is 4. The summed E-state index contributed by atoms with van der Waals surface area (Å²) in [6, 6.07) is 12.6. The van der Waals surface area contributed by atoms with Gasteiger partial charge in [0.15, 0.2) is 0 Å². The summed E-state index contributed by atoms with van der Waals surface area (Å²) < 4.78 is 0. The standard InChI is InChI=1S/C19H22N2O2/c1-12(2)20-18(22)15-9-6-10-16(11-15)19(23)21-17-13(3)7-5-8-14(17)4/h5-12H,1-4H3,(H,20,22)(H,21,23). The van der Waals surface area contributed by atoms with Crippen molar-refractivity contribution < 1.29 is 9.59 Å². The lowest BCUT2D eigenvalue weighted by Crippen LogP contribution is -2.30. The molecule has 2 aromatic carbocycles. The molecule has 0 aliphatic heterocycles. The monoisotopic (exact) mass is 310 g/mol. The van der Waals surface area contributed by atoms with Crippen molar-refractivity contribution in [3.63, 3.8) is 0 Å². The van der Waals surface area contributed by atoms with Gasteiger partial charge in [-0.25, -0.2) is 0 Å². The Bertz CT molecular complexity index is 716. The third kappa shape index (κ3) is 4.19. The Morgan fingerprint density at radius 3 is 1.96 bits per heavy atom. The number of anilines is 1. The lowest BCUT2D eigenvalue weighted by atomic mass is 10.1. The van der Waals surface area contributed by atoms with E-state index in [1.54, 1.807) is 24.3 Å². The van der Waals surface area contributed by atoms with Crippen LogP contribution in [0.3, 0.4) is 0 Å². The number of hydrogen-bond donors (Lipinski definition) is 2. The van der Waals surface area contributed by atoms with Crippen molar-refractivity contribution in [3.8, 4) is 0 Å². The zero-order chi connectivity index (χ0) is 17.0. The maximum atomic E-state index is 12.5. The number of benzene rings is 2. The fourth-order valence-electron chi connectivity index (χ4n) is 2.34. The summed E-state index contributed by atoms with van der Waals surface area (Å²) in [5, 5.41) is 5.75. The first-order valence-electron chi connectivity index (χ1n) is 7.67. The minimum Gasteiger partial charge on any atom is -0.350 e. The molecule has 2 aromatic rings. The van der Waals surface area contributed by atoms with E-state index in [1.165, 1.54) is 0 Å². The first-order chi connectivity index (χ1) is 10.9. The smallest absolute Gasteiger partial charge is 0.255 e. The van der Waals surface area contributed by atoms with Crippen LogP contribution in [0.1, 0.15) is 45.7 Å². The van der Waals surface area contributed by atoms with Crippen LogP contribution < -0.4 is 10.6 Å². The SMILES string of the molecule is Cc1cccc(C)c1NC(=O)c1cccc(C(=O)NC(C)C)c1. The van der Waals surface area contributed by atoms with Crippen LogP contribution in [0.2, 0.25) is 0 Å². The second kappa shape index (κ2) is 7.09. The Balaban J connectivity index is 2.22. The molecule has 0 unspecified atom stereocenters. The molecule has 0 atom stereocenters. The second-order valence-corrected chi connectivity index (χ2v) is 5.93. The topological polar surface area (TPSA) is 58.2 Å². The molecule has 0 heterocycles. The van der Waals surface area contributed by atoms with Gasteiger partial charge in [-0.05, 0) is 57.0 Å². The van der Waals surface area contributed by atoms with Gasteiger partial charge < -0.3 is 10.6 Å². The molecule has 0 aliphatic carbocycles. The van der Waals surface area contributed by atoms with Crippen LogP contribution in [0.15, 0.2) is 42.5 Å². The Hall–Kier alpha value is -2.62. The Kier molecular flexibility index (Phi) is 5.16. The zero-order valence-corrected chi connectivity index (χ0v) is 13.9. The molecule has 4 heteroatoms. The lowest BCUT2D eigenvalue weighted by Gasteiger charge is -2.12. The van der Waals surface area contributed by atoms with Gasteiger partial charge in [-0.1, -0.05) is 24.3 Å². The van der Waals surface area contributed by atoms with Crippen LogP contribution in [0.25, 0.3) is 0 Å². The van der Waals surface area contributed by atoms with E-state index < -0.39 is 0 Å². The summed E-state index contributed by atoms with van der Waals surface area (Å²) in [4.78, 5) is 24.5. The molecule has 2 rings (SSSR count). The molecule has 120 valence electrons. The molecular weight excluding hydrogens is 288 g/mol. The molecular formula is C19H22N2O2. The number of carbonyl (C=O) groups is 2. The van der Waals surface area contributed by atoms with Gasteiger partial charge in [-0.2, -0.15) is 0 Å². The highest BCUT2D eigenvalue weighted by Gasteiger charge is 2.13. The van der Waals surface area contributed by atoms with Crippen molar-refractivity contribution in [1.82, 2.24) is 5.32 Å². The van der Waals surface area contributed by atoms with Crippen LogP contribution in [0.4, 0.5) is 5.69 Å². The third-order valence-corrected chi connectivity index (χ3v) is 3.53. The van der Waals surface area contributed by atoms with E-state index in [1.807, 2.05) is 45.9 Å². The van der Waals surface area contributed by atoms with Crippen molar-refractivity contribution in [3.05, 3.63) is 64.7 Å². The Morgan fingerprint density at radius 2 is 1.39 bits per heavy atom. The zero-order valence-electron chi connectivity index (χ0n) is 13.9. The number of para-hydroxylation sites is 1. The lowest BCUT2D eigenvalue weighted by molar-refractivity contribution is 0.0943. The van der Waals surface area contributed by atoms with E-state index in [4.69, 9.17) is 0 Å². The summed E-state index contributed by atoms with van der Waals surface area (Å²) >= 11 is 0. The summed E-state index contributed by atoms with van der Waals surface area (Å²) in [6.07, 6.45) is 0. The number of amides is 2. The molecule has 0 aromatic heterocycles. The summed E-state index contributed by atoms with van der Waals surface area (Å²) in [5.41, 5.74) is 3.77. The molecule has 2 N–H and O–H groups in total. The molecule has 23 heavy (non-hydrogen) atoms. The average molecular weight is 310 g/mol. The predicted octanol–water partition coefficient (Wildman–Crippen LogP) is 3.69. The van der Waals surface area contributed by atoms with Crippen molar-refractivity contribution in [2.24, 2.45) is 0 Å². The minimum absolute atomic E-state index is 0.0506. The highest BCUT2D eigenvalue weighted by molar-refractivity contribution is 6.06. The van der Waals surface area contributed by atoms with Gasteiger partial charge in [0, 0.05) is 22.9 Å². The second-order valence-electron chi connectivity index (χ2n) is 5.93. The maximum Gasteiger partial charge on any atom is 0.255 e. The van der Waals surface area contributed by atoms with Crippen LogP contribution in [-0.2, 0) is 0 Å². The van der Waals surface area contributed by atoms with E-state index in [0.717, 1.165) is 16.8 Å². The summed E-state index contributed by atoms with van der Waals surface area (Å²) in [7, 11) is 0. The molecule has 0 bridgehead atoms. The van der Waals surface area contributed by atoms with E-state index >= 15 is 0 Å². The summed E-state index contributed by atoms with van der Waals surface area (Å²) in [6.45, 7) is 7.70. The van der Waals surface area contributed by atoms with Gasteiger partial charge in [-0.3, -0.25) is 9.59 Å². The minimum atomic E-state index is -0.221. The molecule has 0 radical (unpaired) electrons. The molecule has 0 saturated carbocycles. The van der Waals surface area contributed by atoms with Gasteiger partial charge in [0.2, 0.25) is 0 Å². The van der Waals surface area contributed by atoms with E-state index in [9.17, 15) is 9.59 Å². The molecule has 0 saturated heterocycles. The molecule has 0 fully saturated rings. The van der Waals surface area contributed by atoms with Crippen LogP contribution >= 0.6 is 0 Å². The van der Waals surface area contributed by atoms with Gasteiger partial charge in [0.05, 0.1) is 0 Å². The first-order valence-corrected chi connectivity index (χ1v) is 7.67. The van der Waals surface area contributed by atoms with Gasteiger partial charge in [0.25, 0.3) is 11.8 Å². The number of aryl methyl sites for hydroxylation is 2. The number of carbonyl (C=O) groups excluding carboxylic acids is 2. The van der Waals surface area contributed by atoms with E-state index in [-0.39, 0.29) is 17.9 Å². The van der Waals surface area contributed by atoms with Crippen LogP contribution in [0, 0.1) is 13.8 Å². The first kappa shape index (κ1) is 16.7. The van der Waals surface area contributed by atoms with Crippen molar-refractivity contribution in [1.29, 1.82) is 0 Å². The fraction of sp³-hybridized carbons (Fsp3) is 0.263. The highest BCUT2D eigenvalue weighted by atomic mass is 16.2. The fourth-order valence-corrected chi connectivity index (χ4v) is 2.34. The Morgan fingerprint density at radius 1 is 0.870 bits per heavy atom. The Labute approximate surface area is 136 Å². The average Bonchev–Trinajstić information content (AvgIpc) is 2.50. The van der Waals surface area contributed by atoms with E-state index in [2.05, 4.69) is 10.6 Å². The summed E-state index contributed by atoms with van der Waals surface area (Å²) in [5.74, 6) is -0.400. The van der Waals surface area contributed by atoms with Crippen molar-refractivity contribution in [2.45, 2.75) is 33.7 Å². The van der Waals surface area contributed by atoms with Crippen molar-refractivity contribution >= 4 is 17.5 Å². The van der Waals surface area contributed by atoms with Gasteiger partial charge >= 0.3 is 0 Å². The third-order valence-electron chi connectivity index (χ3n) is 3.53. The van der Waals surface area contributed by atoms with Crippen molar-refractivity contribution in [2.75, 3.05) is 5.32 Å². The predicted molar refractivity (Wildman–Crippen MR) is 92.9 cm³/mol. The molecule has 2 amide bonds. The quantitative estimate of drug-likeness (QED) is 0.904. The van der Waals surface area contributed by atoms with Crippen LogP contribution in [0.5, 0.6) is 0 Å². The van der Waals surface area contributed by atoms with Gasteiger partial charge in [-0.15, -0.1) is 0 Å². The molecule has 0 spiro atoms. The molecule has 0 aliphatic rings. The van der Waals surface area contributed by atoms with Crippen LogP contribution in [-0.4, -0.2) is 17.9 Å². The normalized spacial score (nSPS) is 10.5. The largest absolute Gasteiger partial charge is 0.350 e. The molecule has 4 nitrogen and oxygen atoms in total. The van der Waals surface area contributed by atoms with E-state index in [0.29, 0.717) is 11.1 Å². The number of hydrogen-bond acceptors (Lipinski definition) is 2. The number of nitrogens with one attached hydrogen (secondary N) is 2. The maximum absolute atomic E-state index is 12.5. The van der Waals surface area contributed by atoms with Gasteiger partial charge in [0.1, 0.15) is 0 Å². The highest BCUT2D eigenvalue weighted by Crippen LogP contribution is 2.20.